The molecule has 5 atom stereocenters. The maximum atomic E-state index is 11.1. The molecule has 1 unspecified atom stereocenters. The zero-order chi connectivity index (χ0) is 18.4. The van der Waals surface area contributed by atoms with Crippen LogP contribution in [0.1, 0.15) is 16.7 Å². The van der Waals surface area contributed by atoms with Gasteiger partial charge in [-0.15, -0.1) is 0 Å². The first-order valence-corrected chi connectivity index (χ1v) is 7.41. The molecule has 1 aromatic carbocycles. The molecule has 0 aliphatic heterocycles. The monoisotopic (exact) mass is 339 g/mol. The fourth-order valence-electron chi connectivity index (χ4n) is 2.12. The zero-order valence-electron chi connectivity index (χ0n) is 13.5. The highest BCUT2D eigenvalue weighted by atomic mass is 16.4. The average molecular weight is 339 g/mol. The summed E-state index contributed by atoms with van der Waals surface area (Å²) in [5.74, 6) is 0. The molecule has 133 valence electrons. The van der Waals surface area contributed by atoms with Crippen molar-refractivity contribution in [3.05, 3.63) is 40.5 Å². The molecule has 0 saturated heterocycles. The van der Waals surface area contributed by atoms with Crippen LogP contribution in [0.15, 0.2) is 23.8 Å². The van der Waals surface area contributed by atoms with Crippen LogP contribution in [0, 0.1) is 13.8 Å². The summed E-state index contributed by atoms with van der Waals surface area (Å²) in [6.07, 6.45) is -6.56. The van der Waals surface area contributed by atoms with Crippen molar-refractivity contribution >= 4 is 12.4 Å². The van der Waals surface area contributed by atoms with Gasteiger partial charge in [-0.1, -0.05) is 18.2 Å². The van der Waals surface area contributed by atoms with Crippen LogP contribution in [-0.2, 0) is 4.79 Å². The van der Waals surface area contributed by atoms with Gasteiger partial charge in [0.1, 0.15) is 30.5 Å². The first kappa shape index (κ1) is 20.4. The van der Waals surface area contributed by atoms with E-state index in [1.165, 1.54) is 12.4 Å². The highest BCUT2D eigenvalue weighted by Gasteiger charge is 2.35. The van der Waals surface area contributed by atoms with Crippen LogP contribution in [0.25, 0.3) is 6.08 Å². The minimum absolute atomic E-state index is 0.324. The third-order valence-electron chi connectivity index (χ3n) is 3.89. The van der Waals surface area contributed by atoms with Crippen LogP contribution in [0.2, 0.25) is 0 Å². The van der Waals surface area contributed by atoms with E-state index in [1.54, 1.807) is 12.1 Å². The summed E-state index contributed by atoms with van der Waals surface area (Å²) in [5.41, 5.74) is 2.27. The van der Waals surface area contributed by atoms with Crippen LogP contribution in [0.5, 0.6) is 0 Å². The Morgan fingerprint density at radius 3 is 2.17 bits per heavy atom. The molecule has 0 aliphatic rings. The molecule has 0 aliphatic carbocycles. The Hall–Kier alpha value is -1.61. The molecule has 0 fully saturated rings. The Morgan fingerprint density at radius 2 is 1.67 bits per heavy atom. The summed E-state index contributed by atoms with van der Waals surface area (Å²) in [7, 11) is 0. The van der Waals surface area contributed by atoms with E-state index in [0.29, 0.717) is 5.56 Å². The molecule has 24 heavy (non-hydrogen) atoms. The molecular formula is C17H23O7. The average Bonchev–Trinajstić information content (AvgIpc) is 2.59. The molecular weight excluding hydrogens is 316 g/mol. The number of benzene rings is 1. The fourth-order valence-corrected chi connectivity index (χ4v) is 2.12. The Bertz CT molecular complexity index is 584. The van der Waals surface area contributed by atoms with Crippen molar-refractivity contribution < 1.29 is 35.4 Å². The van der Waals surface area contributed by atoms with Crippen LogP contribution in [-0.4, -0.2) is 74.1 Å². The van der Waals surface area contributed by atoms with Crippen molar-refractivity contribution in [2.24, 2.45) is 0 Å². The maximum Gasteiger partial charge on any atom is 0.232 e. The Kier molecular flexibility index (Phi) is 7.68. The summed E-state index contributed by atoms with van der Waals surface area (Å²) in [4.78, 5) is 11.1. The van der Waals surface area contributed by atoms with Gasteiger partial charge in [0.15, 0.2) is 0 Å². The largest absolute Gasteiger partial charge is 0.394 e. The minimum Gasteiger partial charge on any atom is -0.394 e. The molecule has 7 heteroatoms. The lowest BCUT2D eigenvalue weighted by Gasteiger charge is -2.28. The standard InChI is InChI=1S/C17H23O7/c1-9-3-4-11(5-10(9)2)6-12(7-18)14(21)16(23)17(24)15(22)13(20)8-19/h3-6,13-17,19-24H,8H2,1-2H3/t13-,14?,15-,16+,17+/m1/s1. The number of aliphatic hydroxyl groups excluding tert-OH is 6. The second-order valence-corrected chi connectivity index (χ2v) is 5.71. The van der Waals surface area contributed by atoms with Gasteiger partial charge in [-0.2, -0.15) is 0 Å². The number of aryl methyl sites for hydroxylation is 2. The van der Waals surface area contributed by atoms with Gasteiger partial charge in [0.25, 0.3) is 0 Å². The molecule has 6 N–H and O–H groups in total. The van der Waals surface area contributed by atoms with Crippen LogP contribution < -0.4 is 0 Å². The van der Waals surface area contributed by atoms with E-state index in [0.717, 1.165) is 11.1 Å². The first-order chi connectivity index (χ1) is 11.2. The van der Waals surface area contributed by atoms with Gasteiger partial charge in [0.2, 0.25) is 6.29 Å². The lowest BCUT2D eigenvalue weighted by molar-refractivity contribution is -0.133. The summed E-state index contributed by atoms with van der Waals surface area (Å²) in [5, 5.41) is 57.3. The molecule has 0 saturated carbocycles. The Morgan fingerprint density at radius 1 is 1.04 bits per heavy atom. The predicted octanol–water partition coefficient (Wildman–Crippen LogP) is -1.41. The molecule has 0 amide bonds. The summed E-state index contributed by atoms with van der Waals surface area (Å²) in [6.45, 7) is 2.95. The molecule has 0 spiro atoms. The number of rotatable bonds is 8. The van der Waals surface area contributed by atoms with Gasteiger partial charge >= 0.3 is 0 Å². The van der Waals surface area contributed by atoms with E-state index >= 15 is 0 Å². The minimum atomic E-state index is -1.97. The third-order valence-corrected chi connectivity index (χ3v) is 3.89. The van der Waals surface area contributed by atoms with Gasteiger partial charge < -0.3 is 30.6 Å². The fraction of sp³-hybridized carbons (Fsp3) is 0.471. The molecule has 1 radical (unpaired) electrons. The van der Waals surface area contributed by atoms with E-state index in [2.05, 4.69) is 0 Å². The molecule has 0 aromatic heterocycles. The van der Waals surface area contributed by atoms with Gasteiger partial charge in [-0.25, -0.2) is 0 Å². The molecule has 1 aromatic rings. The van der Waals surface area contributed by atoms with Crippen molar-refractivity contribution in [1.82, 2.24) is 0 Å². The van der Waals surface area contributed by atoms with Gasteiger partial charge in [0, 0.05) is 5.57 Å². The van der Waals surface area contributed by atoms with E-state index in [4.69, 9.17) is 5.11 Å². The molecule has 1 rings (SSSR count). The van der Waals surface area contributed by atoms with E-state index in [1.807, 2.05) is 19.9 Å². The van der Waals surface area contributed by atoms with Gasteiger partial charge in [0.05, 0.1) is 6.61 Å². The summed E-state index contributed by atoms with van der Waals surface area (Å²) in [6, 6.07) is 5.30. The third kappa shape index (κ3) is 4.94. The van der Waals surface area contributed by atoms with Gasteiger partial charge in [-0.05, 0) is 36.6 Å². The topological polar surface area (TPSA) is 138 Å². The van der Waals surface area contributed by atoms with Crippen molar-refractivity contribution in [3.8, 4) is 0 Å². The second kappa shape index (κ2) is 9.03. The SMILES string of the molecule is Cc1ccc(C=C([C]=O)C(O)[C@H](O)[C@@H](O)[C@H](O)[C@H](O)CO)cc1C. The number of hydrogen-bond acceptors (Lipinski definition) is 7. The second-order valence-electron chi connectivity index (χ2n) is 5.71. The number of carbonyl (C=O) groups excluding carboxylic acids is 1. The van der Waals surface area contributed by atoms with Crippen LogP contribution in [0.3, 0.4) is 0 Å². The maximum absolute atomic E-state index is 11.1. The van der Waals surface area contributed by atoms with E-state index < -0.39 is 37.1 Å². The summed E-state index contributed by atoms with van der Waals surface area (Å²) < 4.78 is 0. The quantitative estimate of drug-likeness (QED) is 0.320. The highest BCUT2D eigenvalue weighted by Crippen LogP contribution is 2.18. The first-order valence-electron chi connectivity index (χ1n) is 7.41. The molecule has 0 heterocycles. The van der Waals surface area contributed by atoms with Crippen molar-refractivity contribution in [2.45, 2.75) is 44.4 Å². The highest BCUT2D eigenvalue weighted by molar-refractivity contribution is 5.83. The van der Waals surface area contributed by atoms with E-state index in [-0.39, 0.29) is 5.57 Å². The lowest BCUT2D eigenvalue weighted by Crippen LogP contribution is -2.50. The van der Waals surface area contributed by atoms with Crippen molar-refractivity contribution in [3.63, 3.8) is 0 Å². The normalized spacial score (nSPS) is 18.6. The number of aliphatic hydroxyl groups is 6. The van der Waals surface area contributed by atoms with Gasteiger partial charge in [-0.3, -0.25) is 4.79 Å². The van der Waals surface area contributed by atoms with E-state index in [9.17, 15) is 30.3 Å². The predicted molar refractivity (Wildman–Crippen MR) is 86.7 cm³/mol. The van der Waals surface area contributed by atoms with Crippen molar-refractivity contribution in [1.29, 1.82) is 0 Å². The van der Waals surface area contributed by atoms with Crippen LogP contribution in [0.4, 0.5) is 0 Å². The number of hydrogen-bond donors (Lipinski definition) is 6. The lowest BCUT2D eigenvalue weighted by atomic mass is 9.94. The Labute approximate surface area is 140 Å². The zero-order valence-corrected chi connectivity index (χ0v) is 13.5. The van der Waals surface area contributed by atoms with Crippen molar-refractivity contribution in [2.75, 3.05) is 6.61 Å². The Balaban J connectivity index is 2.99. The van der Waals surface area contributed by atoms with Crippen LogP contribution >= 0.6 is 0 Å². The smallest absolute Gasteiger partial charge is 0.232 e. The molecule has 0 bridgehead atoms. The molecule has 7 nitrogen and oxygen atoms in total. The summed E-state index contributed by atoms with van der Waals surface area (Å²) >= 11 is 0.